The summed E-state index contributed by atoms with van der Waals surface area (Å²) >= 11 is 0. The first kappa shape index (κ1) is 13.4. The van der Waals surface area contributed by atoms with Gasteiger partial charge in [0, 0.05) is 6.08 Å². The van der Waals surface area contributed by atoms with E-state index in [9.17, 15) is 13.2 Å². The average molecular weight is 255 g/mol. The molecule has 0 fully saturated rings. The standard InChI is InChI=1S/C11H13NO4S/c1-2-16-11(13)7-6-9-4-3-5-10(8-9)17(12,14)15/h3-8H,2H2,1H3,(H2,12,14,15)/b7-6+. The second kappa shape index (κ2) is 5.60. The number of carbonyl (C=O) groups is 1. The predicted octanol–water partition coefficient (Wildman–Crippen LogP) is 0.910. The van der Waals surface area contributed by atoms with Gasteiger partial charge in [0.1, 0.15) is 0 Å². The summed E-state index contributed by atoms with van der Waals surface area (Å²) in [7, 11) is -3.72. The Labute approximate surface area is 99.9 Å². The SMILES string of the molecule is CCOC(=O)/C=C/c1cccc(S(N)(=O)=O)c1. The number of benzene rings is 1. The fourth-order valence-electron chi connectivity index (χ4n) is 1.15. The monoisotopic (exact) mass is 255 g/mol. The van der Waals surface area contributed by atoms with Gasteiger partial charge in [0.2, 0.25) is 10.0 Å². The molecule has 0 atom stereocenters. The van der Waals surface area contributed by atoms with Crippen LogP contribution in [0.2, 0.25) is 0 Å². The molecule has 1 aromatic carbocycles. The van der Waals surface area contributed by atoms with E-state index in [-0.39, 0.29) is 4.90 Å². The van der Waals surface area contributed by atoms with Crippen LogP contribution < -0.4 is 5.14 Å². The van der Waals surface area contributed by atoms with E-state index >= 15 is 0 Å². The highest BCUT2D eigenvalue weighted by atomic mass is 32.2. The van der Waals surface area contributed by atoms with E-state index < -0.39 is 16.0 Å². The molecular weight excluding hydrogens is 242 g/mol. The van der Waals surface area contributed by atoms with Gasteiger partial charge in [-0.2, -0.15) is 0 Å². The van der Waals surface area contributed by atoms with Crippen molar-refractivity contribution in [2.24, 2.45) is 5.14 Å². The molecule has 2 N–H and O–H groups in total. The lowest BCUT2D eigenvalue weighted by Crippen LogP contribution is -2.11. The summed E-state index contributed by atoms with van der Waals surface area (Å²) in [5.41, 5.74) is 0.560. The zero-order valence-electron chi connectivity index (χ0n) is 9.29. The third kappa shape index (κ3) is 4.38. The Hall–Kier alpha value is -1.66. The molecule has 0 radical (unpaired) electrons. The van der Waals surface area contributed by atoms with Crippen LogP contribution in [0.25, 0.3) is 6.08 Å². The molecule has 0 saturated carbocycles. The fraction of sp³-hybridized carbons (Fsp3) is 0.182. The Morgan fingerprint density at radius 2 is 2.18 bits per heavy atom. The van der Waals surface area contributed by atoms with Gasteiger partial charge in [0.05, 0.1) is 11.5 Å². The Balaban J connectivity index is 2.90. The lowest BCUT2D eigenvalue weighted by atomic mass is 10.2. The minimum absolute atomic E-state index is 0.00325. The molecule has 0 aliphatic rings. The minimum atomic E-state index is -3.72. The third-order valence-corrected chi connectivity index (χ3v) is 2.80. The van der Waals surface area contributed by atoms with Crippen molar-refractivity contribution < 1.29 is 17.9 Å². The predicted molar refractivity (Wildman–Crippen MR) is 63.5 cm³/mol. The van der Waals surface area contributed by atoms with Gasteiger partial charge in [0.15, 0.2) is 0 Å². The molecule has 0 amide bonds. The summed E-state index contributed by atoms with van der Waals surface area (Å²) in [6.07, 6.45) is 2.69. The van der Waals surface area contributed by atoms with Crippen LogP contribution in [0.1, 0.15) is 12.5 Å². The lowest BCUT2D eigenvalue weighted by Gasteiger charge is -1.99. The normalized spacial score (nSPS) is 11.6. The van der Waals surface area contributed by atoms with Crippen LogP contribution in [0, 0.1) is 0 Å². The summed E-state index contributed by atoms with van der Waals surface area (Å²) in [5, 5.41) is 4.99. The van der Waals surface area contributed by atoms with Gasteiger partial charge in [-0.25, -0.2) is 18.4 Å². The zero-order valence-corrected chi connectivity index (χ0v) is 10.1. The number of nitrogens with two attached hydrogens (primary N) is 1. The topological polar surface area (TPSA) is 86.5 Å². The van der Waals surface area contributed by atoms with Gasteiger partial charge in [-0.05, 0) is 30.7 Å². The summed E-state index contributed by atoms with van der Waals surface area (Å²) < 4.78 is 26.9. The second-order valence-corrected chi connectivity index (χ2v) is 4.76. The molecule has 0 aliphatic carbocycles. The van der Waals surface area contributed by atoms with Crippen molar-refractivity contribution in [1.29, 1.82) is 0 Å². The first-order valence-corrected chi connectivity index (χ1v) is 6.46. The number of carbonyl (C=O) groups excluding carboxylic acids is 1. The number of esters is 1. The molecule has 0 spiro atoms. The maximum absolute atomic E-state index is 11.1. The summed E-state index contributed by atoms with van der Waals surface area (Å²) in [6.45, 7) is 1.99. The molecule has 0 aromatic heterocycles. The van der Waals surface area contributed by atoms with E-state index in [2.05, 4.69) is 0 Å². The highest BCUT2D eigenvalue weighted by Crippen LogP contribution is 2.11. The molecule has 0 unspecified atom stereocenters. The van der Waals surface area contributed by atoms with Crippen LogP contribution in [0.15, 0.2) is 35.2 Å². The van der Waals surface area contributed by atoms with Crippen molar-refractivity contribution >= 4 is 22.1 Å². The zero-order chi connectivity index (χ0) is 12.9. The molecule has 6 heteroatoms. The van der Waals surface area contributed by atoms with Gasteiger partial charge in [-0.1, -0.05) is 12.1 Å². The molecule has 0 heterocycles. The van der Waals surface area contributed by atoms with Crippen LogP contribution in [-0.4, -0.2) is 21.0 Å². The Kier molecular flexibility index (Phi) is 4.42. The molecule has 0 aliphatic heterocycles. The number of sulfonamides is 1. The van der Waals surface area contributed by atoms with E-state index in [0.29, 0.717) is 12.2 Å². The van der Waals surface area contributed by atoms with Gasteiger partial charge in [-0.3, -0.25) is 0 Å². The van der Waals surface area contributed by atoms with Crippen LogP contribution in [-0.2, 0) is 19.6 Å². The Morgan fingerprint density at radius 3 is 2.76 bits per heavy atom. The third-order valence-electron chi connectivity index (χ3n) is 1.89. The van der Waals surface area contributed by atoms with Crippen molar-refractivity contribution in [2.45, 2.75) is 11.8 Å². The highest BCUT2D eigenvalue weighted by molar-refractivity contribution is 7.89. The van der Waals surface area contributed by atoms with Gasteiger partial charge in [0.25, 0.3) is 0 Å². The summed E-state index contributed by atoms with van der Waals surface area (Å²) in [6, 6.07) is 5.97. The van der Waals surface area contributed by atoms with Gasteiger partial charge in [-0.15, -0.1) is 0 Å². The van der Waals surface area contributed by atoms with Crippen molar-refractivity contribution in [3.8, 4) is 0 Å². The second-order valence-electron chi connectivity index (χ2n) is 3.20. The first-order valence-electron chi connectivity index (χ1n) is 4.91. The molecule has 0 bridgehead atoms. The molecular formula is C11H13NO4S. The quantitative estimate of drug-likeness (QED) is 0.640. The average Bonchev–Trinajstić information content (AvgIpc) is 2.26. The molecule has 0 saturated heterocycles. The maximum Gasteiger partial charge on any atom is 0.330 e. The minimum Gasteiger partial charge on any atom is -0.463 e. The molecule has 1 rings (SSSR count). The smallest absolute Gasteiger partial charge is 0.330 e. The number of rotatable bonds is 4. The van der Waals surface area contributed by atoms with Crippen LogP contribution in [0.5, 0.6) is 0 Å². The van der Waals surface area contributed by atoms with Crippen molar-refractivity contribution in [1.82, 2.24) is 0 Å². The van der Waals surface area contributed by atoms with E-state index in [4.69, 9.17) is 9.88 Å². The van der Waals surface area contributed by atoms with E-state index in [1.807, 2.05) is 0 Å². The summed E-state index contributed by atoms with van der Waals surface area (Å²) in [5.74, 6) is -0.478. The molecule has 5 nitrogen and oxygen atoms in total. The van der Waals surface area contributed by atoms with E-state index in [1.54, 1.807) is 19.1 Å². The molecule has 17 heavy (non-hydrogen) atoms. The number of hydrogen-bond donors (Lipinski definition) is 1. The van der Waals surface area contributed by atoms with E-state index in [1.165, 1.54) is 24.3 Å². The van der Waals surface area contributed by atoms with Crippen molar-refractivity contribution in [3.63, 3.8) is 0 Å². The van der Waals surface area contributed by atoms with Crippen molar-refractivity contribution in [3.05, 3.63) is 35.9 Å². The Morgan fingerprint density at radius 1 is 1.47 bits per heavy atom. The van der Waals surface area contributed by atoms with Crippen LogP contribution in [0.4, 0.5) is 0 Å². The van der Waals surface area contributed by atoms with Gasteiger partial charge < -0.3 is 4.74 Å². The van der Waals surface area contributed by atoms with E-state index in [0.717, 1.165) is 0 Å². The lowest BCUT2D eigenvalue weighted by molar-refractivity contribution is -0.137. The molecule has 1 aromatic rings. The Bertz CT molecular complexity index is 534. The first-order chi connectivity index (χ1) is 7.93. The summed E-state index contributed by atoms with van der Waals surface area (Å²) in [4.78, 5) is 11.0. The van der Waals surface area contributed by atoms with Gasteiger partial charge >= 0.3 is 5.97 Å². The van der Waals surface area contributed by atoms with Crippen LogP contribution >= 0.6 is 0 Å². The van der Waals surface area contributed by atoms with Crippen LogP contribution in [0.3, 0.4) is 0 Å². The maximum atomic E-state index is 11.1. The molecule has 92 valence electrons. The van der Waals surface area contributed by atoms with Crippen molar-refractivity contribution in [2.75, 3.05) is 6.61 Å². The number of hydrogen-bond acceptors (Lipinski definition) is 4. The largest absolute Gasteiger partial charge is 0.463 e. The number of primary sulfonamides is 1. The fourth-order valence-corrected chi connectivity index (χ4v) is 1.72. The highest BCUT2D eigenvalue weighted by Gasteiger charge is 2.06. The number of ether oxygens (including phenoxy) is 1.